The van der Waals surface area contributed by atoms with Crippen LogP contribution in [0.3, 0.4) is 0 Å². The average molecular weight is 548 g/mol. The summed E-state index contributed by atoms with van der Waals surface area (Å²) in [6.07, 6.45) is 12.1. The van der Waals surface area contributed by atoms with E-state index >= 15 is 0 Å². The highest BCUT2D eigenvalue weighted by molar-refractivity contribution is 5.74. The molecular weight excluding hydrogens is 506 g/mol. The molecule has 0 aliphatic rings. The second kappa shape index (κ2) is 16.2. The fourth-order valence-electron chi connectivity index (χ4n) is 4.24. The minimum atomic E-state index is 0.598. The molecule has 2 aromatic carbocycles. The minimum absolute atomic E-state index is 0.598. The van der Waals surface area contributed by atoms with Gasteiger partial charge in [0, 0.05) is 19.3 Å². The first kappa shape index (κ1) is 30.6. The molecule has 0 bridgehead atoms. The maximum atomic E-state index is 6.05. The highest BCUT2D eigenvalue weighted by atomic mass is 16.5. The highest BCUT2D eigenvalue weighted by Crippen LogP contribution is 2.39. The summed E-state index contributed by atoms with van der Waals surface area (Å²) < 4.78 is 33.4. The van der Waals surface area contributed by atoms with Gasteiger partial charge in [0.05, 0.1) is 46.4 Å². The molecule has 3 rings (SSSR count). The lowest BCUT2D eigenvalue weighted by molar-refractivity contribution is 0.190. The maximum Gasteiger partial charge on any atom is 0.203 e. The molecule has 0 saturated heterocycles. The third kappa shape index (κ3) is 8.78. The van der Waals surface area contributed by atoms with Crippen LogP contribution in [-0.2, 0) is 4.74 Å². The van der Waals surface area contributed by atoms with Crippen LogP contribution in [0.25, 0.3) is 24.3 Å². The number of nitrogens with zero attached hydrogens (tertiary/aromatic N) is 1. The number of benzene rings is 2. The molecule has 0 aliphatic heterocycles. The number of ether oxygens (including phenoxy) is 6. The van der Waals surface area contributed by atoms with Gasteiger partial charge in [-0.1, -0.05) is 24.6 Å². The molecule has 0 amide bonds. The van der Waals surface area contributed by atoms with Crippen molar-refractivity contribution in [3.8, 4) is 28.7 Å². The van der Waals surface area contributed by atoms with Crippen LogP contribution < -0.4 is 23.7 Å². The van der Waals surface area contributed by atoms with Crippen LogP contribution in [0.5, 0.6) is 28.7 Å². The molecule has 214 valence electrons. The van der Waals surface area contributed by atoms with Crippen molar-refractivity contribution in [2.24, 2.45) is 0 Å². The van der Waals surface area contributed by atoms with Crippen molar-refractivity contribution in [3.05, 3.63) is 70.5 Å². The standard InChI is InChI=1S/C33H41NO6/c1-24-29(36-3)20-25(21-30(24)37-4)14-16-27-12-11-13-28(34-27)17-15-26-22-31(38-5)33(32(23-26)39-6)40-19-10-8-7-9-18-35-2/h11-17,20-23H,7-10,18-19H2,1-6H3/b16-14+,17-15+. The van der Waals surface area contributed by atoms with Crippen molar-refractivity contribution in [2.45, 2.75) is 32.6 Å². The van der Waals surface area contributed by atoms with Crippen molar-refractivity contribution in [1.82, 2.24) is 4.98 Å². The zero-order valence-electron chi connectivity index (χ0n) is 24.5. The molecule has 40 heavy (non-hydrogen) atoms. The van der Waals surface area contributed by atoms with Crippen LogP contribution >= 0.6 is 0 Å². The minimum Gasteiger partial charge on any atom is -0.496 e. The molecule has 7 nitrogen and oxygen atoms in total. The summed E-state index contributed by atoms with van der Waals surface area (Å²) in [5.74, 6) is 3.44. The first-order valence-corrected chi connectivity index (χ1v) is 13.5. The second-order valence-corrected chi connectivity index (χ2v) is 9.21. The Bertz CT molecular complexity index is 1230. The van der Waals surface area contributed by atoms with Gasteiger partial charge in [-0.2, -0.15) is 0 Å². The largest absolute Gasteiger partial charge is 0.496 e. The molecule has 0 aliphatic carbocycles. The molecule has 7 heteroatoms. The SMILES string of the molecule is COCCCCCCOc1c(OC)cc(/C=C/c2cccc(/C=C/c3cc(OC)c(C)c(OC)c3)n2)cc1OC. The van der Waals surface area contributed by atoms with Gasteiger partial charge in [-0.3, -0.25) is 0 Å². The van der Waals surface area contributed by atoms with Crippen LogP contribution in [0.2, 0.25) is 0 Å². The fraction of sp³-hybridized carbons (Fsp3) is 0.364. The Morgan fingerprint density at radius 2 is 1.07 bits per heavy atom. The molecule has 0 atom stereocenters. The predicted octanol–water partition coefficient (Wildman–Crippen LogP) is 7.35. The summed E-state index contributed by atoms with van der Waals surface area (Å²) in [5, 5.41) is 0. The molecule has 1 heterocycles. The summed E-state index contributed by atoms with van der Waals surface area (Å²) >= 11 is 0. The molecule has 0 unspecified atom stereocenters. The van der Waals surface area contributed by atoms with E-state index in [1.165, 1.54) is 0 Å². The summed E-state index contributed by atoms with van der Waals surface area (Å²) in [6.45, 7) is 3.37. The van der Waals surface area contributed by atoms with E-state index in [1.807, 2.05) is 73.7 Å². The Balaban J connectivity index is 1.71. The Labute approximate surface area is 238 Å². The highest BCUT2D eigenvalue weighted by Gasteiger charge is 2.13. The first-order chi connectivity index (χ1) is 19.5. The number of pyridine rings is 1. The van der Waals surface area contributed by atoms with Crippen LogP contribution in [0.4, 0.5) is 0 Å². The topological polar surface area (TPSA) is 68.3 Å². The van der Waals surface area contributed by atoms with E-state index in [0.717, 1.165) is 71.9 Å². The van der Waals surface area contributed by atoms with Crippen LogP contribution in [-0.4, -0.2) is 53.7 Å². The lowest BCUT2D eigenvalue weighted by Gasteiger charge is -2.15. The molecule has 3 aromatic rings. The van der Waals surface area contributed by atoms with Gasteiger partial charge < -0.3 is 28.4 Å². The smallest absolute Gasteiger partial charge is 0.203 e. The van der Waals surface area contributed by atoms with Crippen LogP contribution in [0.15, 0.2) is 42.5 Å². The number of unbranched alkanes of at least 4 members (excludes halogenated alkanes) is 3. The van der Waals surface area contributed by atoms with Gasteiger partial charge in [0.1, 0.15) is 11.5 Å². The van der Waals surface area contributed by atoms with Gasteiger partial charge >= 0.3 is 0 Å². The summed E-state index contributed by atoms with van der Waals surface area (Å²) in [5.41, 5.74) is 4.51. The van der Waals surface area contributed by atoms with E-state index < -0.39 is 0 Å². The predicted molar refractivity (Wildman–Crippen MR) is 162 cm³/mol. The second-order valence-electron chi connectivity index (χ2n) is 9.21. The number of methoxy groups -OCH3 is 5. The Kier molecular flexibility index (Phi) is 12.4. The van der Waals surface area contributed by atoms with Gasteiger partial charge in [-0.25, -0.2) is 4.98 Å². The third-order valence-corrected chi connectivity index (χ3v) is 6.43. The van der Waals surface area contributed by atoms with E-state index in [2.05, 4.69) is 0 Å². The number of rotatable bonds is 16. The lowest BCUT2D eigenvalue weighted by Crippen LogP contribution is -2.02. The van der Waals surface area contributed by atoms with Gasteiger partial charge in [0.15, 0.2) is 11.5 Å². The van der Waals surface area contributed by atoms with Crippen molar-refractivity contribution in [3.63, 3.8) is 0 Å². The maximum absolute atomic E-state index is 6.05. The monoisotopic (exact) mass is 547 g/mol. The van der Waals surface area contributed by atoms with Gasteiger partial charge in [-0.05, 0) is 85.9 Å². The Morgan fingerprint density at radius 1 is 0.600 bits per heavy atom. The van der Waals surface area contributed by atoms with Crippen molar-refractivity contribution >= 4 is 24.3 Å². The molecular formula is C33H41NO6. The average Bonchev–Trinajstić information content (AvgIpc) is 2.99. The number of hydrogen-bond acceptors (Lipinski definition) is 7. The summed E-state index contributed by atoms with van der Waals surface area (Å²) in [7, 11) is 8.32. The van der Waals surface area contributed by atoms with E-state index in [1.54, 1.807) is 35.5 Å². The van der Waals surface area contributed by atoms with Crippen LogP contribution in [0.1, 0.15) is 53.8 Å². The van der Waals surface area contributed by atoms with Crippen molar-refractivity contribution in [1.29, 1.82) is 0 Å². The zero-order chi connectivity index (χ0) is 28.7. The van der Waals surface area contributed by atoms with Crippen molar-refractivity contribution in [2.75, 3.05) is 48.8 Å². The van der Waals surface area contributed by atoms with E-state index in [-0.39, 0.29) is 0 Å². The third-order valence-electron chi connectivity index (χ3n) is 6.43. The lowest BCUT2D eigenvalue weighted by atomic mass is 10.1. The molecule has 0 spiro atoms. The quantitative estimate of drug-likeness (QED) is 0.174. The van der Waals surface area contributed by atoms with Crippen LogP contribution in [0, 0.1) is 6.92 Å². The summed E-state index contributed by atoms with van der Waals surface area (Å²) in [6, 6.07) is 13.8. The Hall–Kier alpha value is -3.97. The van der Waals surface area contributed by atoms with E-state index in [4.69, 9.17) is 33.4 Å². The first-order valence-electron chi connectivity index (χ1n) is 13.5. The molecule has 0 fully saturated rings. The molecule has 0 saturated carbocycles. The number of hydrogen-bond donors (Lipinski definition) is 0. The molecule has 0 N–H and O–H groups in total. The Morgan fingerprint density at radius 3 is 1.55 bits per heavy atom. The van der Waals surface area contributed by atoms with Crippen molar-refractivity contribution < 1.29 is 28.4 Å². The van der Waals surface area contributed by atoms with Gasteiger partial charge in [0.25, 0.3) is 0 Å². The summed E-state index contributed by atoms with van der Waals surface area (Å²) in [4.78, 5) is 4.75. The fourth-order valence-corrected chi connectivity index (χ4v) is 4.24. The van der Waals surface area contributed by atoms with E-state index in [9.17, 15) is 0 Å². The normalized spacial score (nSPS) is 11.2. The number of aromatic nitrogens is 1. The zero-order valence-corrected chi connectivity index (χ0v) is 24.5. The van der Waals surface area contributed by atoms with Gasteiger partial charge in [0.2, 0.25) is 5.75 Å². The molecule has 1 aromatic heterocycles. The van der Waals surface area contributed by atoms with E-state index in [0.29, 0.717) is 23.9 Å². The molecule has 0 radical (unpaired) electrons. The van der Waals surface area contributed by atoms with Gasteiger partial charge in [-0.15, -0.1) is 0 Å².